The Bertz CT molecular complexity index is 410. The predicted molar refractivity (Wildman–Crippen MR) is 91.3 cm³/mol. The monoisotopic (exact) mass is 288 g/mol. The zero-order chi connectivity index (χ0) is 15.2. The van der Waals surface area contributed by atoms with Crippen molar-refractivity contribution in [2.45, 2.75) is 59.0 Å². The molecule has 0 saturated carbocycles. The lowest BCUT2D eigenvalue weighted by Crippen LogP contribution is -2.46. The van der Waals surface area contributed by atoms with Crippen molar-refractivity contribution in [2.75, 3.05) is 13.1 Å². The minimum atomic E-state index is 0.569. The maximum Gasteiger partial charge on any atom is 0.0237 e. The predicted octanol–water partition coefficient (Wildman–Crippen LogP) is 3.83. The summed E-state index contributed by atoms with van der Waals surface area (Å²) in [6.07, 6.45) is 5.08. The number of benzene rings is 1. The van der Waals surface area contributed by atoms with Gasteiger partial charge in [0.05, 0.1) is 0 Å². The summed E-state index contributed by atoms with van der Waals surface area (Å²) in [6.45, 7) is 9.91. The van der Waals surface area contributed by atoms with Crippen molar-refractivity contribution in [1.82, 2.24) is 4.90 Å². The van der Waals surface area contributed by atoms with Gasteiger partial charge in [-0.05, 0) is 48.8 Å². The molecule has 0 radical (unpaired) electrons. The highest BCUT2D eigenvalue weighted by Crippen LogP contribution is 2.26. The van der Waals surface area contributed by atoms with Crippen LogP contribution in [0.4, 0.5) is 0 Å². The number of hydrogen-bond acceptors (Lipinski definition) is 2. The fourth-order valence-electron chi connectivity index (χ4n) is 3.49. The van der Waals surface area contributed by atoms with E-state index in [-0.39, 0.29) is 0 Å². The summed E-state index contributed by atoms with van der Waals surface area (Å²) in [5.41, 5.74) is 8.88. The number of piperidine rings is 1. The average molecular weight is 288 g/mol. The number of nitrogens with two attached hydrogens (primary N) is 1. The molecular formula is C19H32N2. The first-order chi connectivity index (χ1) is 10.1. The summed E-state index contributed by atoms with van der Waals surface area (Å²) < 4.78 is 0. The fraction of sp³-hybridized carbons (Fsp3) is 0.684. The molecule has 1 fully saturated rings. The van der Waals surface area contributed by atoms with Gasteiger partial charge in [0.15, 0.2) is 0 Å². The van der Waals surface area contributed by atoms with Crippen molar-refractivity contribution in [3.63, 3.8) is 0 Å². The number of nitrogens with zero attached hydrogens (tertiary/aromatic N) is 1. The number of hydrogen-bond donors (Lipinski definition) is 1. The molecule has 2 nitrogen and oxygen atoms in total. The summed E-state index contributed by atoms with van der Waals surface area (Å²) in [6, 6.07) is 9.77. The van der Waals surface area contributed by atoms with E-state index >= 15 is 0 Å². The SMILES string of the molecule is CCC1CCN(Cc2ccc(CC(C)C)cc2)C(CN)C1. The van der Waals surface area contributed by atoms with Crippen LogP contribution in [0.1, 0.15) is 51.2 Å². The highest BCUT2D eigenvalue weighted by Gasteiger charge is 2.26. The molecule has 1 aromatic carbocycles. The molecule has 0 spiro atoms. The molecule has 1 aliphatic rings. The highest BCUT2D eigenvalue weighted by molar-refractivity contribution is 5.23. The molecule has 2 heteroatoms. The largest absolute Gasteiger partial charge is 0.329 e. The van der Waals surface area contributed by atoms with Gasteiger partial charge in [0.1, 0.15) is 0 Å². The van der Waals surface area contributed by atoms with E-state index in [0.29, 0.717) is 6.04 Å². The quantitative estimate of drug-likeness (QED) is 0.862. The molecule has 2 atom stereocenters. The average Bonchev–Trinajstić information content (AvgIpc) is 2.49. The first-order valence-corrected chi connectivity index (χ1v) is 8.64. The van der Waals surface area contributed by atoms with E-state index in [2.05, 4.69) is 49.9 Å². The van der Waals surface area contributed by atoms with E-state index in [1.807, 2.05) is 0 Å². The summed E-state index contributed by atoms with van der Waals surface area (Å²) >= 11 is 0. The van der Waals surface area contributed by atoms with Crippen LogP contribution < -0.4 is 5.73 Å². The molecule has 0 bridgehead atoms. The highest BCUT2D eigenvalue weighted by atomic mass is 15.2. The lowest BCUT2D eigenvalue weighted by molar-refractivity contribution is 0.107. The van der Waals surface area contributed by atoms with E-state index in [4.69, 9.17) is 5.73 Å². The van der Waals surface area contributed by atoms with Crippen LogP contribution in [0.2, 0.25) is 0 Å². The molecule has 1 saturated heterocycles. The Kier molecular flexibility index (Phi) is 6.25. The molecule has 0 amide bonds. The third-order valence-corrected chi connectivity index (χ3v) is 4.85. The number of rotatable bonds is 6. The van der Waals surface area contributed by atoms with E-state index in [9.17, 15) is 0 Å². The summed E-state index contributed by atoms with van der Waals surface area (Å²) in [4.78, 5) is 2.59. The fourth-order valence-corrected chi connectivity index (χ4v) is 3.49. The van der Waals surface area contributed by atoms with Gasteiger partial charge in [-0.15, -0.1) is 0 Å². The molecular weight excluding hydrogens is 256 g/mol. The van der Waals surface area contributed by atoms with Gasteiger partial charge in [-0.25, -0.2) is 0 Å². The van der Waals surface area contributed by atoms with Crippen LogP contribution in [0.5, 0.6) is 0 Å². The summed E-state index contributed by atoms with van der Waals surface area (Å²) in [7, 11) is 0. The van der Waals surface area contributed by atoms with E-state index < -0.39 is 0 Å². The zero-order valence-electron chi connectivity index (χ0n) is 14.0. The Hall–Kier alpha value is -0.860. The van der Waals surface area contributed by atoms with Gasteiger partial charge in [0, 0.05) is 19.1 Å². The normalized spacial score (nSPS) is 23.7. The maximum absolute atomic E-state index is 6.00. The van der Waals surface area contributed by atoms with Gasteiger partial charge >= 0.3 is 0 Å². The molecule has 118 valence electrons. The molecule has 1 heterocycles. The van der Waals surface area contributed by atoms with E-state index in [1.54, 1.807) is 0 Å². The van der Waals surface area contributed by atoms with Crippen LogP contribution in [0, 0.1) is 11.8 Å². The molecule has 0 aliphatic carbocycles. The molecule has 0 aromatic heterocycles. The second-order valence-electron chi connectivity index (χ2n) is 7.07. The Labute approximate surface area is 130 Å². The van der Waals surface area contributed by atoms with E-state index in [1.165, 1.54) is 43.4 Å². The smallest absolute Gasteiger partial charge is 0.0237 e. The molecule has 1 aromatic rings. The van der Waals surface area contributed by atoms with Crippen LogP contribution in [-0.2, 0) is 13.0 Å². The number of likely N-dealkylation sites (tertiary alicyclic amines) is 1. The van der Waals surface area contributed by atoms with Crippen LogP contribution in [0.25, 0.3) is 0 Å². The van der Waals surface area contributed by atoms with Gasteiger partial charge < -0.3 is 5.73 Å². The zero-order valence-corrected chi connectivity index (χ0v) is 14.0. The van der Waals surface area contributed by atoms with E-state index in [0.717, 1.165) is 24.9 Å². The maximum atomic E-state index is 6.00. The van der Waals surface area contributed by atoms with Gasteiger partial charge in [0.2, 0.25) is 0 Å². The van der Waals surface area contributed by atoms with Crippen LogP contribution in [-0.4, -0.2) is 24.0 Å². The topological polar surface area (TPSA) is 29.3 Å². The Morgan fingerprint density at radius 3 is 2.43 bits per heavy atom. The first-order valence-electron chi connectivity index (χ1n) is 8.64. The molecule has 21 heavy (non-hydrogen) atoms. The second kappa shape index (κ2) is 7.95. The van der Waals surface area contributed by atoms with Crippen molar-refractivity contribution in [3.8, 4) is 0 Å². The van der Waals surface area contributed by atoms with Crippen molar-refractivity contribution in [1.29, 1.82) is 0 Å². The summed E-state index contributed by atoms with van der Waals surface area (Å²) in [5, 5.41) is 0. The van der Waals surface area contributed by atoms with Gasteiger partial charge in [0.25, 0.3) is 0 Å². The van der Waals surface area contributed by atoms with Crippen LogP contribution in [0.3, 0.4) is 0 Å². The minimum Gasteiger partial charge on any atom is -0.329 e. The van der Waals surface area contributed by atoms with Gasteiger partial charge in [-0.1, -0.05) is 51.5 Å². The van der Waals surface area contributed by atoms with Crippen LogP contribution in [0.15, 0.2) is 24.3 Å². The lowest BCUT2D eigenvalue weighted by Gasteiger charge is -2.39. The van der Waals surface area contributed by atoms with Crippen molar-refractivity contribution in [2.24, 2.45) is 17.6 Å². The molecule has 2 N–H and O–H groups in total. The van der Waals surface area contributed by atoms with Crippen molar-refractivity contribution in [3.05, 3.63) is 35.4 Å². The van der Waals surface area contributed by atoms with Crippen molar-refractivity contribution >= 4 is 0 Å². The lowest BCUT2D eigenvalue weighted by atomic mass is 9.88. The van der Waals surface area contributed by atoms with Gasteiger partial charge in [-0.3, -0.25) is 4.90 Å². The minimum absolute atomic E-state index is 0.569. The summed E-state index contributed by atoms with van der Waals surface area (Å²) in [5.74, 6) is 1.61. The third kappa shape index (κ3) is 4.82. The molecule has 1 aliphatic heterocycles. The standard InChI is InChI=1S/C19H32N2/c1-4-16-9-10-21(19(12-16)13-20)14-18-7-5-17(6-8-18)11-15(2)3/h5-8,15-16,19H,4,9-14,20H2,1-3H3. The Morgan fingerprint density at radius 1 is 1.19 bits per heavy atom. The first kappa shape index (κ1) is 16.5. The Morgan fingerprint density at radius 2 is 1.86 bits per heavy atom. The van der Waals surface area contributed by atoms with Crippen molar-refractivity contribution < 1.29 is 0 Å². The van der Waals surface area contributed by atoms with Crippen LogP contribution >= 0.6 is 0 Å². The second-order valence-corrected chi connectivity index (χ2v) is 7.07. The Balaban J connectivity index is 1.94. The molecule has 2 unspecified atom stereocenters. The third-order valence-electron chi connectivity index (χ3n) is 4.85. The molecule has 2 rings (SSSR count). The van der Waals surface area contributed by atoms with Gasteiger partial charge in [-0.2, -0.15) is 0 Å².